The molecule has 144 valence electrons. The first-order valence-electron chi connectivity index (χ1n) is 9.32. The molecular formula is C21H26N2O3S. The molecule has 1 saturated heterocycles. The van der Waals surface area contributed by atoms with Crippen molar-refractivity contribution in [2.45, 2.75) is 45.4 Å². The molecule has 6 heteroatoms. The van der Waals surface area contributed by atoms with E-state index in [4.69, 9.17) is 4.74 Å². The van der Waals surface area contributed by atoms with E-state index >= 15 is 0 Å². The smallest absolute Gasteiger partial charge is 0.254 e. The zero-order valence-corrected chi connectivity index (χ0v) is 16.6. The van der Waals surface area contributed by atoms with Crippen molar-refractivity contribution in [1.29, 1.82) is 0 Å². The van der Waals surface area contributed by atoms with Crippen LogP contribution in [0, 0.1) is 0 Å². The number of thiophene rings is 1. The largest absolute Gasteiger partial charge is 0.372 e. The molecule has 3 rings (SSSR count). The maximum Gasteiger partial charge on any atom is 0.254 e. The van der Waals surface area contributed by atoms with E-state index in [2.05, 4.69) is 10.7 Å². The zero-order chi connectivity index (χ0) is 19.2. The fourth-order valence-corrected chi connectivity index (χ4v) is 3.98. The molecule has 2 aromatic rings. The number of carbonyl (C=O) groups excluding carboxylic acids is 2. The van der Waals surface area contributed by atoms with Crippen LogP contribution in [-0.2, 0) is 22.5 Å². The third kappa shape index (κ3) is 5.65. The summed E-state index contributed by atoms with van der Waals surface area (Å²) in [4.78, 5) is 26.5. The van der Waals surface area contributed by atoms with Crippen LogP contribution in [0.5, 0.6) is 0 Å². The second-order valence-corrected chi connectivity index (χ2v) is 7.85. The monoisotopic (exact) mass is 386 g/mol. The van der Waals surface area contributed by atoms with E-state index in [0.717, 1.165) is 12.0 Å². The van der Waals surface area contributed by atoms with E-state index < -0.39 is 0 Å². The number of nitrogens with zero attached hydrogens (tertiary/aromatic N) is 1. The van der Waals surface area contributed by atoms with Gasteiger partial charge in [0, 0.05) is 31.6 Å². The molecule has 1 aromatic carbocycles. The number of nitrogens with one attached hydrogen (secondary N) is 1. The summed E-state index contributed by atoms with van der Waals surface area (Å²) >= 11 is 1.65. The average molecular weight is 387 g/mol. The van der Waals surface area contributed by atoms with Crippen molar-refractivity contribution in [3.05, 3.63) is 57.8 Å². The number of carbonyl (C=O) groups is 2. The van der Waals surface area contributed by atoms with Crippen molar-refractivity contribution in [3.63, 3.8) is 0 Å². The number of rotatable bonds is 6. The van der Waals surface area contributed by atoms with Crippen LogP contribution >= 0.6 is 11.3 Å². The number of aryl methyl sites for hydroxylation is 1. The van der Waals surface area contributed by atoms with Crippen molar-refractivity contribution in [1.82, 2.24) is 10.2 Å². The molecule has 0 aliphatic carbocycles. The van der Waals surface area contributed by atoms with Crippen LogP contribution < -0.4 is 5.32 Å². The average Bonchev–Trinajstić information content (AvgIpc) is 3.17. The molecule has 2 heterocycles. The fraction of sp³-hybridized carbons (Fsp3) is 0.429. The summed E-state index contributed by atoms with van der Waals surface area (Å²) in [6, 6.07) is 9.52. The van der Waals surface area contributed by atoms with Crippen LogP contribution in [0.15, 0.2) is 41.1 Å². The van der Waals surface area contributed by atoms with Crippen LogP contribution in [0.4, 0.5) is 0 Å². The van der Waals surface area contributed by atoms with Crippen LogP contribution in [-0.4, -0.2) is 42.0 Å². The number of morpholine rings is 1. The van der Waals surface area contributed by atoms with Gasteiger partial charge >= 0.3 is 0 Å². The summed E-state index contributed by atoms with van der Waals surface area (Å²) < 4.78 is 5.69. The minimum Gasteiger partial charge on any atom is -0.372 e. The third-order valence-electron chi connectivity index (χ3n) is 4.62. The van der Waals surface area contributed by atoms with Gasteiger partial charge in [-0.05, 0) is 60.4 Å². The Morgan fingerprint density at radius 3 is 2.44 bits per heavy atom. The first-order valence-corrected chi connectivity index (χ1v) is 10.3. The molecule has 1 aliphatic heterocycles. The quantitative estimate of drug-likeness (QED) is 0.829. The zero-order valence-electron chi connectivity index (χ0n) is 15.8. The number of ether oxygens (including phenoxy) is 1. The van der Waals surface area contributed by atoms with Gasteiger partial charge in [0.2, 0.25) is 5.91 Å². The van der Waals surface area contributed by atoms with E-state index in [1.807, 2.05) is 54.5 Å². The highest BCUT2D eigenvalue weighted by Crippen LogP contribution is 2.15. The summed E-state index contributed by atoms with van der Waals surface area (Å²) in [6.45, 7) is 5.68. The van der Waals surface area contributed by atoms with Crippen molar-refractivity contribution >= 4 is 23.2 Å². The van der Waals surface area contributed by atoms with Gasteiger partial charge in [-0.3, -0.25) is 9.59 Å². The van der Waals surface area contributed by atoms with Gasteiger partial charge < -0.3 is 15.0 Å². The summed E-state index contributed by atoms with van der Waals surface area (Å²) in [5.41, 5.74) is 2.85. The first-order chi connectivity index (χ1) is 13.0. The minimum atomic E-state index is 0.0309. The number of amides is 2. The van der Waals surface area contributed by atoms with E-state index in [-0.39, 0.29) is 24.0 Å². The summed E-state index contributed by atoms with van der Waals surface area (Å²) in [5.74, 6) is 0.0704. The fourth-order valence-electron chi connectivity index (χ4n) is 3.27. The molecule has 27 heavy (non-hydrogen) atoms. The Kier molecular flexibility index (Phi) is 6.63. The van der Waals surface area contributed by atoms with Gasteiger partial charge in [0.05, 0.1) is 12.2 Å². The van der Waals surface area contributed by atoms with Gasteiger partial charge in [0.1, 0.15) is 0 Å². The molecule has 2 amide bonds. The summed E-state index contributed by atoms with van der Waals surface area (Å²) in [6.07, 6.45) is 1.36. The lowest BCUT2D eigenvalue weighted by atomic mass is 10.1. The maximum atomic E-state index is 12.7. The van der Waals surface area contributed by atoms with E-state index in [9.17, 15) is 9.59 Å². The topological polar surface area (TPSA) is 58.6 Å². The normalized spacial score (nSPS) is 19.7. The molecule has 1 aliphatic rings. The Bertz CT molecular complexity index is 748. The lowest BCUT2D eigenvalue weighted by molar-refractivity contribution is -0.121. The third-order valence-corrected chi connectivity index (χ3v) is 5.35. The van der Waals surface area contributed by atoms with Crippen LogP contribution in [0.3, 0.4) is 0 Å². The van der Waals surface area contributed by atoms with Crippen LogP contribution in [0.2, 0.25) is 0 Å². The van der Waals surface area contributed by atoms with E-state index in [1.165, 1.54) is 5.56 Å². The Hall–Kier alpha value is -2.18. The van der Waals surface area contributed by atoms with Gasteiger partial charge in [0.25, 0.3) is 5.91 Å². The van der Waals surface area contributed by atoms with E-state index in [1.54, 1.807) is 11.3 Å². The van der Waals surface area contributed by atoms with Crippen molar-refractivity contribution in [2.75, 3.05) is 13.1 Å². The molecule has 0 bridgehead atoms. The summed E-state index contributed by atoms with van der Waals surface area (Å²) in [7, 11) is 0. The Balaban J connectivity index is 1.48. The summed E-state index contributed by atoms with van der Waals surface area (Å²) in [5, 5.41) is 7.03. The Morgan fingerprint density at radius 1 is 1.11 bits per heavy atom. The molecule has 2 unspecified atom stereocenters. The van der Waals surface area contributed by atoms with Gasteiger partial charge in [0.15, 0.2) is 0 Å². The highest BCUT2D eigenvalue weighted by molar-refractivity contribution is 7.07. The predicted octanol–water partition coefficient (Wildman–Crippen LogP) is 3.25. The maximum absolute atomic E-state index is 12.7. The number of benzene rings is 1. The number of hydrogen-bond donors (Lipinski definition) is 1. The molecular weight excluding hydrogens is 360 g/mol. The molecule has 1 N–H and O–H groups in total. The van der Waals surface area contributed by atoms with Crippen LogP contribution in [0.1, 0.15) is 41.8 Å². The highest BCUT2D eigenvalue weighted by Gasteiger charge is 2.26. The standard InChI is InChI=1S/C21H26N2O3S/c1-15-12-23(13-16(2)26-15)21(25)19-6-3-17(4-7-19)11-22-20(24)8-5-18-9-10-27-14-18/h3-4,6-7,9-10,14-16H,5,8,11-13H2,1-2H3,(H,22,24). The lowest BCUT2D eigenvalue weighted by Gasteiger charge is -2.35. The van der Waals surface area contributed by atoms with Crippen molar-refractivity contribution in [2.24, 2.45) is 0 Å². The number of hydrogen-bond acceptors (Lipinski definition) is 4. The molecule has 5 nitrogen and oxygen atoms in total. The molecule has 0 spiro atoms. The van der Waals surface area contributed by atoms with E-state index in [0.29, 0.717) is 31.6 Å². The van der Waals surface area contributed by atoms with Gasteiger partial charge in [-0.25, -0.2) is 0 Å². The first kappa shape index (κ1) is 19.6. The minimum absolute atomic E-state index is 0.0309. The SMILES string of the molecule is CC1CN(C(=O)c2ccc(CNC(=O)CCc3ccsc3)cc2)CC(C)O1. The van der Waals surface area contributed by atoms with Gasteiger partial charge in [-0.2, -0.15) is 11.3 Å². The van der Waals surface area contributed by atoms with Crippen molar-refractivity contribution < 1.29 is 14.3 Å². The van der Waals surface area contributed by atoms with Gasteiger partial charge in [-0.1, -0.05) is 12.1 Å². The highest BCUT2D eigenvalue weighted by atomic mass is 32.1. The van der Waals surface area contributed by atoms with Crippen molar-refractivity contribution in [3.8, 4) is 0 Å². The molecule has 0 radical (unpaired) electrons. The molecule has 0 saturated carbocycles. The molecule has 2 atom stereocenters. The Morgan fingerprint density at radius 2 is 1.81 bits per heavy atom. The molecule has 1 fully saturated rings. The van der Waals surface area contributed by atoms with Crippen LogP contribution in [0.25, 0.3) is 0 Å². The Labute approximate surface area is 164 Å². The predicted molar refractivity (Wildman–Crippen MR) is 107 cm³/mol. The second-order valence-electron chi connectivity index (χ2n) is 7.07. The lowest BCUT2D eigenvalue weighted by Crippen LogP contribution is -2.48. The molecule has 1 aromatic heterocycles. The second kappa shape index (κ2) is 9.15. The van der Waals surface area contributed by atoms with Gasteiger partial charge in [-0.15, -0.1) is 0 Å².